The highest BCUT2D eigenvalue weighted by atomic mass is 32.2. The Kier molecular flexibility index (Phi) is 4.84. The van der Waals surface area contributed by atoms with Crippen LogP contribution in [0.1, 0.15) is 18.5 Å². The first-order chi connectivity index (χ1) is 9.47. The lowest BCUT2D eigenvalue weighted by Crippen LogP contribution is -2.33. The number of hydrogen-bond acceptors (Lipinski definition) is 7. The van der Waals surface area contributed by atoms with Gasteiger partial charge < -0.3 is 5.32 Å². The predicted molar refractivity (Wildman–Crippen MR) is 81.6 cm³/mol. The quantitative estimate of drug-likeness (QED) is 0.670. The summed E-state index contributed by atoms with van der Waals surface area (Å²) in [6, 6.07) is 0. The molecule has 9 heteroatoms. The molecule has 0 aliphatic carbocycles. The monoisotopic (exact) mass is 329 g/mol. The fraction of sp³-hybridized carbons (Fsp3) is 0.364. The summed E-state index contributed by atoms with van der Waals surface area (Å²) in [6.07, 6.45) is 0.369. The van der Waals surface area contributed by atoms with Gasteiger partial charge in [0.1, 0.15) is 4.32 Å². The van der Waals surface area contributed by atoms with Gasteiger partial charge in [0.05, 0.1) is 11.4 Å². The molecule has 1 fully saturated rings. The zero-order valence-electron chi connectivity index (χ0n) is 10.5. The number of aryl methyl sites for hydroxylation is 1. The van der Waals surface area contributed by atoms with E-state index >= 15 is 0 Å². The van der Waals surface area contributed by atoms with Crippen molar-refractivity contribution in [3.63, 3.8) is 0 Å². The standard InChI is InChI=1S/C11H11N3O3S3/c1-6-4-19-10(12-6)13-7(15)5-20-11(18)14-8(16)2-3-9(14)17/h4H,2-3,5H2,1H3,(H,12,13,15). The van der Waals surface area contributed by atoms with E-state index in [0.717, 1.165) is 22.4 Å². The number of imide groups is 1. The van der Waals surface area contributed by atoms with Crippen LogP contribution in [0.3, 0.4) is 0 Å². The molecule has 2 heterocycles. The van der Waals surface area contributed by atoms with E-state index in [1.807, 2.05) is 12.3 Å². The lowest BCUT2D eigenvalue weighted by atomic mass is 10.4. The number of hydrogen-bond donors (Lipinski definition) is 1. The average molecular weight is 329 g/mol. The van der Waals surface area contributed by atoms with Crippen LogP contribution >= 0.6 is 35.3 Å². The summed E-state index contributed by atoms with van der Waals surface area (Å²) in [5.74, 6) is -0.841. The molecular weight excluding hydrogens is 318 g/mol. The van der Waals surface area contributed by atoms with E-state index in [-0.39, 0.29) is 40.6 Å². The molecule has 0 bridgehead atoms. The third kappa shape index (κ3) is 3.62. The SMILES string of the molecule is Cc1csc(NC(=O)CSC(=S)N2C(=O)CCC2=O)n1. The summed E-state index contributed by atoms with van der Waals surface area (Å²) in [7, 11) is 0. The number of anilines is 1. The average Bonchev–Trinajstić information content (AvgIpc) is 2.93. The van der Waals surface area contributed by atoms with Crippen LogP contribution in [0.25, 0.3) is 0 Å². The highest BCUT2D eigenvalue weighted by molar-refractivity contribution is 8.23. The number of nitrogens with one attached hydrogen (secondary N) is 1. The molecule has 1 aromatic rings. The maximum absolute atomic E-state index is 11.7. The van der Waals surface area contributed by atoms with E-state index in [1.54, 1.807) is 0 Å². The highest BCUT2D eigenvalue weighted by Gasteiger charge is 2.32. The van der Waals surface area contributed by atoms with Crippen LogP contribution in [0, 0.1) is 6.92 Å². The van der Waals surface area contributed by atoms with Gasteiger partial charge in [-0.2, -0.15) is 0 Å². The number of nitrogens with zero attached hydrogens (tertiary/aromatic N) is 2. The zero-order valence-corrected chi connectivity index (χ0v) is 13.0. The van der Waals surface area contributed by atoms with Crippen LogP contribution in [0.2, 0.25) is 0 Å². The molecular formula is C11H11N3O3S3. The van der Waals surface area contributed by atoms with Crippen molar-refractivity contribution in [2.75, 3.05) is 11.1 Å². The van der Waals surface area contributed by atoms with E-state index in [1.165, 1.54) is 11.3 Å². The Bertz CT molecular complexity index is 568. The van der Waals surface area contributed by atoms with Crippen LogP contribution in [-0.4, -0.2) is 37.7 Å². The molecule has 0 unspecified atom stereocenters. The normalized spacial score (nSPS) is 14.8. The van der Waals surface area contributed by atoms with Crippen molar-refractivity contribution in [3.8, 4) is 0 Å². The van der Waals surface area contributed by atoms with E-state index in [9.17, 15) is 14.4 Å². The molecule has 6 nitrogen and oxygen atoms in total. The van der Waals surface area contributed by atoms with Gasteiger partial charge in [-0.25, -0.2) is 9.88 Å². The fourth-order valence-electron chi connectivity index (χ4n) is 1.54. The third-order valence-electron chi connectivity index (χ3n) is 2.43. The summed E-state index contributed by atoms with van der Waals surface area (Å²) in [5, 5.41) is 4.98. The summed E-state index contributed by atoms with van der Waals surface area (Å²) >= 11 is 7.34. The van der Waals surface area contributed by atoms with Gasteiger partial charge in [0.2, 0.25) is 17.7 Å². The van der Waals surface area contributed by atoms with Gasteiger partial charge >= 0.3 is 0 Å². The number of amides is 3. The van der Waals surface area contributed by atoms with E-state index < -0.39 is 0 Å². The molecule has 0 saturated carbocycles. The van der Waals surface area contributed by atoms with Crippen LogP contribution in [0.5, 0.6) is 0 Å². The van der Waals surface area contributed by atoms with Crippen LogP contribution in [0.4, 0.5) is 5.13 Å². The molecule has 106 valence electrons. The Morgan fingerprint density at radius 3 is 2.70 bits per heavy atom. The van der Waals surface area contributed by atoms with Crippen LogP contribution in [0.15, 0.2) is 5.38 Å². The zero-order chi connectivity index (χ0) is 14.7. The second-order valence-corrected chi connectivity index (χ2v) is 6.49. The first-order valence-corrected chi connectivity index (χ1v) is 7.99. The van der Waals surface area contributed by atoms with Gasteiger partial charge in [-0.15, -0.1) is 11.3 Å². The van der Waals surface area contributed by atoms with Gasteiger partial charge in [-0.05, 0) is 6.92 Å². The van der Waals surface area contributed by atoms with E-state index in [4.69, 9.17) is 12.2 Å². The number of aromatic nitrogens is 1. The summed E-state index contributed by atoms with van der Waals surface area (Å²) in [4.78, 5) is 39.7. The topological polar surface area (TPSA) is 79.4 Å². The minimum absolute atomic E-state index is 0.0362. The largest absolute Gasteiger partial charge is 0.301 e. The van der Waals surface area contributed by atoms with E-state index in [0.29, 0.717) is 5.13 Å². The van der Waals surface area contributed by atoms with E-state index in [2.05, 4.69) is 10.3 Å². The number of thiocarbonyl (C=S) groups is 1. The first-order valence-electron chi connectivity index (χ1n) is 5.72. The summed E-state index contributed by atoms with van der Waals surface area (Å²) in [6.45, 7) is 1.83. The minimum Gasteiger partial charge on any atom is -0.301 e. The summed E-state index contributed by atoms with van der Waals surface area (Å²) in [5.41, 5.74) is 0.835. The second kappa shape index (κ2) is 6.42. The maximum atomic E-state index is 11.7. The Labute approximate surface area is 128 Å². The smallest absolute Gasteiger partial charge is 0.236 e. The first kappa shape index (κ1) is 15.1. The number of likely N-dealkylation sites (tertiary alicyclic amines) is 1. The van der Waals surface area contributed by atoms with Gasteiger partial charge in [0, 0.05) is 18.2 Å². The van der Waals surface area contributed by atoms with Crippen molar-refractivity contribution < 1.29 is 14.4 Å². The molecule has 1 N–H and O–H groups in total. The van der Waals surface area contributed by atoms with Gasteiger partial charge in [-0.3, -0.25) is 14.4 Å². The van der Waals surface area contributed by atoms with Crippen LogP contribution in [-0.2, 0) is 14.4 Å². The molecule has 1 aromatic heterocycles. The Balaban J connectivity index is 1.82. The molecule has 20 heavy (non-hydrogen) atoms. The molecule has 1 aliphatic heterocycles. The number of carbonyl (C=O) groups is 3. The molecule has 3 amide bonds. The molecule has 0 atom stereocenters. The van der Waals surface area contributed by atoms with Crippen molar-refractivity contribution in [2.45, 2.75) is 19.8 Å². The summed E-state index contributed by atoms with van der Waals surface area (Å²) < 4.78 is 0.128. The number of rotatable bonds is 3. The fourth-order valence-corrected chi connectivity index (χ4v) is 3.28. The number of thioether (sulfide) groups is 1. The van der Waals surface area contributed by atoms with Crippen molar-refractivity contribution in [2.24, 2.45) is 0 Å². The Hall–Kier alpha value is -1.32. The molecule has 2 rings (SSSR count). The third-order valence-corrected chi connectivity index (χ3v) is 4.67. The van der Waals surface area contributed by atoms with Crippen LogP contribution < -0.4 is 5.32 Å². The Morgan fingerprint density at radius 2 is 2.15 bits per heavy atom. The van der Waals surface area contributed by atoms with Crippen molar-refractivity contribution >= 4 is 62.5 Å². The maximum Gasteiger partial charge on any atom is 0.236 e. The predicted octanol–water partition coefficient (Wildman–Crippen LogP) is 1.56. The number of thiazole rings is 1. The minimum atomic E-state index is -0.302. The molecule has 0 radical (unpaired) electrons. The highest BCUT2D eigenvalue weighted by Crippen LogP contribution is 2.20. The van der Waals surface area contributed by atoms with Gasteiger partial charge in [0.15, 0.2) is 5.13 Å². The van der Waals surface area contributed by atoms with Crippen molar-refractivity contribution in [1.29, 1.82) is 0 Å². The lowest BCUT2D eigenvalue weighted by Gasteiger charge is -2.13. The molecule has 0 aromatic carbocycles. The number of carbonyl (C=O) groups excluding carboxylic acids is 3. The van der Waals surface area contributed by atoms with Crippen molar-refractivity contribution in [1.82, 2.24) is 9.88 Å². The molecule has 0 spiro atoms. The van der Waals surface area contributed by atoms with Gasteiger partial charge in [0.25, 0.3) is 0 Å². The molecule has 1 saturated heterocycles. The van der Waals surface area contributed by atoms with Gasteiger partial charge in [-0.1, -0.05) is 24.0 Å². The Morgan fingerprint density at radius 1 is 1.50 bits per heavy atom. The lowest BCUT2D eigenvalue weighted by molar-refractivity contribution is -0.133. The second-order valence-electron chi connectivity index (χ2n) is 4.02. The molecule has 1 aliphatic rings. The van der Waals surface area contributed by atoms with Crippen molar-refractivity contribution in [3.05, 3.63) is 11.1 Å².